The van der Waals surface area contributed by atoms with Crippen molar-refractivity contribution in [2.45, 2.75) is 33.3 Å². The molecule has 0 amide bonds. The standard InChI is InChI=1S/C14H17ClN2O2/c1-10-6-11(2)8-12(7-10)18-9-14-17-16-13(19-14)4-3-5-15/h6-8H,3-5,9H2,1-2H3. The van der Waals surface area contributed by atoms with Crippen molar-refractivity contribution in [3.8, 4) is 5.75 Å². The SMILES string of the molecule is Cc1cc(C)cc(OCc2nnc(CCCCl)o2)c1. The van der Waals surface area contributed by atoms with Gasteiger partial charge < -0.3 is 9.15 Å². The van der Waals surface area contributed by atoms with Crippen molar-refractivity contribution in [3.63, 3.8) is 0 Å². The maximum absolute atomic E-state index is 5.65. The second kappa shape index (κ2) is 6.57. The number of halogens is 1. The van der Waals surface area contributed by atoms with Gasteiger partial charge >= 0.3 is 0 Å². The van der Waals surface area contributed by atoms with Crippen LogP contribution in [0.1, 0.15) is 29.3 Å². The van der Waals surface area contributed by atoms with Gasteiger partial charge in [-0.3, -0.25) is 0 Å². The number of rotatable bonds is 6. The Morgan fingerprint density at radius 3 is 2.47 bits per heavy atom. The van der Waals surface area contributed by atoms with Crippen molar-refractivity contribution in [2.24, 2.45) is 0 Å². The Bertz CT molecular complexity index is 520. The van der Waals surface area contributed by atoms with Crippen LogP contribution in [-0.4, -0.2) is 16.1 Å². The van der Waals surface area contributed by atoms with Crippen molar-refractivity contribution in [1.82, 2.24) is 10.2 Å². The Morgan fingerprint density at radius 2 is 1.79 bits per heavy atom. The van der Waals surface area contributed by atoms with Crippen LogP contribution >= 0.6 is 11.6 Å². The highest BCUT2D eigenvalue weighted by molar-refractivity contribution is 6.17. The van der Waals surface area contributed by atoms with Gasteiger partial charge in [0.15, 0.2) is 6.61 Å². The van der Waals surface area contributed by atoms with Crippen LogP contribution in [0.5, 0.6) is 5.75 Å². The number of nitrogens with zero attached hydrogens (tertiary/aromatic N) is 2. The normalized spacial score (nSPS) is 10.7. The quantitative estimate of drug-likeness (QED) is 0.761. The molecule has 19 heavy (non-hydrogen) atoms. The van der Waals surface area contributed by atoms with Gasteiger partial charge in [-0.05, 0) is 43.5 Å². The summed E-state index contributed by atoms with van der Waals surface area (Å²) in [7, 11) is 0. The summed E-state index contributed by atoms with van der Waals surface area (Å²) in [5, 5.41) is 7.89. The maximum Gasteiger partial charge on any atom is 0.253 e. The first kappa shape index (κ1) is 13.9. The zero-order valence-corrected chi connectivity index (χ0v) is 11.9. The number of hydrogen-bond acceptors (Lipinski definition) is 4. The van der Waals surface area contributed by atoms with Gasteiger partial charge in [0.2, 0.25) is 5.89 Å². The lowest BCUT2D eigenvalue weighted by atomic mass is 10.1. The molecular formula is C14H17ClN2O2. The van der Waals surface area contributed by atoms with E-state index in [4.69, 9.17) is 20.8 Å². The van der Waals surface area contributed by atoms with E-state index in [-0.39, 0.29) is 6.61 Å². The molecule has 0 saturated heterocycles. The maximum atomic E-state index is 5.65. The molecule has 0 unspecified atom stereocenters. The number of hydrogen-bond donors (Lipinski definition) is 0. The van der Waals surface area contributed by atoms with Gasteiger partial charge in [-0.25, -0.2) is 0 Å². The molecular weight excluding hydrogens is 264 g/mol. The molecule has 0 aliphatic rings. The van der Waals surface area contributed by atoms with E-state index in [9.17, 15) is 0 Å². The second-order valence-electron chi connectivity index (χ2n) is 4.49. The van der Waals surface area contributed by atoms with Gasteiger partial charge in [0.05, 0.1) is 0 Å². The molecule has 0 aliphatic heterocycles. The number of alkyl halides is 1. The first-order valence-electron chi connectivity index (χ1n) is 6.25. The highest BCUT2D eigenvalue weighted by Gasteiger charge is 2.06. The molecule has 4 nitrogen and oxygen atoms in total. The van der Waals surface area contributed by atoms with E-state index in [1.807, 2.05) is 26.0 Å². The molecule has 0 fully saturated rings. The molecule has 102 valence electrons. The van der Waals surface area contributed by atoms with Crippen molar-refractivity contribution in [2.75, 3.05) is 5.88 Å². The molecule has 0 N–H and O–H groups in total. The van der Waals surface area contributed by atoms with Crippen LogP contribution in [-0.2, 0) is 13.0 Å². The third-order valence-electron chi connectivity index (χ3n) is 2.59. The number of aromatic nitrogens is 2. The van der Waals surface area contributed by atoms with E-state index in [0.29, 0.717) is 24.1 Å². The van der Waals surface area contributed by atoms with Crippen LogP contribution in [0.15, 0.2) is 22.6 Å². The van der Waals surface area contributed by atoms with Gasteiger partial charge in [0.1, 0.15) is 5.75 Å². The zero-order chi connectivity index (χ0) is 13.7. The highest BCUT2D eigenvalue weighted by atomic mass is 35.5. The van der Waals surface area contributed by atoms with Crippen LogP contribution in [0.4, 0.5) is 0 Å². The number of ether oxygens (including phenoxy) is 1. The molecule has 1 aromatic heterocycles. The number of aryl methyl sites for hydroxylation is 3. The van der Waals surface area contributed by atoms with E-state index in [0.717, 1.165) is 12.2 Å². The molecule has 0 radical (unpaired) electrons. The molecule has 5 heteroatoms. The first-order valence-corrected chi connectivity index (χ1v) is 6.79. The minimum atomic E-state index is 0.288. The Balaban J connectivity index is 1.92. The van der Waals surface area contributed by atoms with Crippen LogP contribution in [0, 0.1) is 13.8 Å². The monoisotopic (exact) mass is 280 g/mol. The molecule has 2 rings (SSSR count). The van der Waals surface area contributed by atoms with E-state index in [2.05, 4.69) is 16.3 Å². The Hall–Kier alpha value is -1.55. The summed E-state index contributed by atoms with van der Waals surface area (Å²) in [5.41, 5.74) is 2.34. The predicted molar refractivity (Wildman–Crippen MR) is 73.6 cm³/mol. The third kappa shape index (κ3) is 4.24. The minimum absolute atomic E-state index is 0.288. The summed E-state index contributed by atoms with van der Waals surface area (Å²) in [6.45, 7) is 4.37. The van der Waals surface area contributed by atoms with Gasteiger partial charge in [0, 0.05) is 12.3 Å². The van der Waals surface area contributed by atoms with Gasteiger partial charge in [-0.1, -0.05) is 6.07 Å². The van der Waals surface area contributed by atoms with Crippen LogP contribution in [0.2, 0.25) is 0 Å². The smallest absolute Gasteiger partial charge is 0.253 e. The van der Waals surface area contributed by atoms with Crippen molar-refractivity contribution in [1.29, 1.82) is 0 Å². The van der Waals surface area contributed by atoms with E-state index in [1.54, 1.807) is 0 Å². The Morgan fingerprint density at radius 1 is 1.11 bits per heavy atom. The molecule has 0 bridgehead atoms. The highest BCUT2D eigenvalue weighted by Crippen LogP contribution is 2.17. The van der Waals surface area contributed by atoms with Gasteiger partial charge in [-0.15, -0.1) is 21.8 Å². The lowest BCUT2D eigenvalue weighted by Crippen LogP contribution is -1.96. The average Bonchev–Trinajstić information content (AvgIpc) is 2.81. The van der Waals surface area contributed by atoms with E-state index >= 15 is 0 Å². The largest absolute Gasteiger partial charge is 0.484 e. The molecule has 1 aromatic carbocycles. The summed E-state index contributed by atoms with van der Waals surface area (Å²) in [4.78, 5) is 0. The van der Waals surface area contributed by atoms with Crippen LogP contribution in [0.25, 0.3) is 0 Å². The molecule has 1 heterocycles. The van der Waals surface area contributed by atoms with E-state index < -0.39 is 0 Å². The van der Waals surface area contributed by atoms with Crippen molar-refractivity contribution in [3.05, 3.63) is 41.1 Å². The van der Waals surface area contributed by atoms with E-state index in [1.165, 1.54) is 11.1 Å². The molecule has 0 aliphatic carbocycles. The molecule has 0 spiro atoms. The summed E-state index contributed by atoms with van der Waals surface area (Å²) in [6.07, 6.45) is 1.54. The average molecular weight is 281 g/mol. The molecule has 0 atom stereocenters. The van der Waals surface area contributed by atoms with Crippen LogP contribution < -0.4 is 4.74 Å². The Labute approximate surface area is 117 Å². The summed E-state index contributed by atoms with van der Waals surface area (Å²) < 4.78 is 11.1. The summed E-state index contributed by atoms with van der Waals surface area (Å²) >= 11 is 5.61. The van der Waals surface area contributed by atoms with Crippen molar-refractivity contribution >= 4 is 11.6 Å². The fourth-order valence-corrected chi connectivity index (χ4v) is 1.96. The number of benzene rings is 1. The van der Waals surface area contributed by atoms with Gasteiger partial charge in [-0.2, -0.15) is 0 Å². The lowest BCUT2D eigenvalue weighted by molar-refractivity contribution is 0.258. The summed E-state index contributed by atoms with van der Waals surface area (Å²) in [6, 6.07) is 6.07. The fourth-order valence-electron chi connectivity index (χ4n) is 1.83. The third-order valence-corrected chi connectivity index (χ3v) is 2.86. The topological polar surface area (TPSA) is 48.2 Å². The van der Waals surface area contributed by atoms with Crippen LogP contribution in [0.3, 0.4) is 0 Å². The minimum Gasteiger partial charge on any atom is -0.484 e. The predicted octanol–water partition coefficient (Wildman–Crippen LogP) is 3.44. The fraction of sp³-hybridized carbons (Fsp3) is 0.429. The Kier molecular flexibility index (Phi) is 4.80. The van der Waals surface area contributed by atoms with Crippen molar-refractivity contribution < 1.29 is 9.15 Å². The lowest BCUT2D eigenvalue weighted by Gasteiger charge is -2.05. The van der Waals surface area contributed by atoms with Gasteiger partial charge in [0.25, 0.3) is 5.89 Å². The molecule has 0 saturated carbocycles. The zero-order valence-electron chi connectivity index (χ0n) is 11.1. The molecule has 2 aromatic rings. The first-order chi connectivity index (χ1) is 9.17. The summed E-state index contributed by atoms with van der Waals surface area (Å²) in [5.74, 6) is 2.51. The second-order valence-corrected chi connectivity index (χ2v) is 4.87.